The molecular weight excluding hydrogens is 454 g/mol. The number of likely N-dealkylation sites (N-methyl/N-ethyl adjacent to an activating group) is 1. The van der Waals surface area contributed by atoms with Crippen molar-refractivity contribution in [2.24, 2.45) is 0 Å². The Hall–Kier alpha value is -3.50. The Labute approximate surface area is 201 Å². The Balaban J connectivity index is 1.74. The number of hydrogen-bond donors (Lipinski definition) is 1. The zero-order valence-electron chi connectivity index (χ0n) is 19.6. The second-order valence-corrected chi connectivity index (χ2v) is 9.43. The zero-order chi connectivity index (χ0) is 24.5. The fraction of sp³-hybridized carbons (Fsp3) is 0.333. The van der Waals surface area contributed by atoms with Crippen LogP contribution in [0.4, 0.5) is 0 Å². The topological polar surface area (TPSA) is 96.8 Å². The molecule has 2 amide bonds. The van der Waals surface area contributed by atoms with E-state index in [4.69, 9.17) is 4.74 Å². The number of nitrogens with one attached hydrogen (secondary N) is 1. The third kappa shape index (κ3) is 4.22. The van der Waals surface area contributed by atoms with Crippen molar-refractivity contribution in [3.63, 3.8) is 0 Å². The van der Waals surface area contributed by atoms with Crippen LogP contribution in [0.3, 0.4) is 0 Å². The van der Waals surface area contributed by atoms with E-state index in [2.05, 4.69) is 10.4 Å². The van der Waals surface area contributed by atoms with Crippen LogP contribution in [0.15, 0.2) is 47.8 Å². The number of aromatic nitrogens is 2. The summed E-state index contributed by atoms with van der Waals surface area (Å²) in [6, 6.07) is 12.5. The summed E-state index contributed by atoms with van der Waals surface area (Å²) in [6.45, 7) is 2.49. The van der Waals surface area contributed by atoms with E-state index in [1.807, 2.05) is 48.6 Å². The summed E-state index contributed by atoms with van der Waals surface area (Å²) in [7, 11) is 5.35. The lowest BCUT2D eigenvalue weighted by molar-refractivity contribution is -0.129. The van der Waals surface area contributed by atoms with Gasteiger partial charge >= 0.3 is 0 Å². The summed E-state index contributed by atoms with van der Waals surface area (Å²) in [4.78, 5) is 44.9. The minimum absolute atomic E-state index is 0.0751. The van der Waals surface area contributed by atoms with Gasteiger partial charge in [0.15, 0.2) is 0 Å². The van der Waals surface area contributed by atoms with E-state index in [1.165, 1.54) is 23.2 Å². The third-order valence-corrected chi connectivity index (χ3v) is 6.77. The summed E-state index contributed by atoms with van der Waals surface area (Å²) in [5.41, 5.74) is -0.343. The fourth-order valence-electron chi connectivity index (χ4n) is 3.82. The smallest absolute Gasteiger partial charge is 0.283 e. The van der Waals surface area contributed by atoms with Gasteiger partial charge in [-0.3, -0.25) is 14.4 Å². The van der Waals surface area contributed by atoms with E-state index in [1.54, 1.807) is 25.3 Å². The molecule has 2 aromatic heterocycles. The number of nitrogens with zero attached hydrogens (tertiary/aromatic N) is 4. The number of amides is 2. The molecule has 0 fully saturated rings. The van der Waals surface area contributed by atoms with Crippen molar-refractivity contribution in [3.05, 3.63) is 59.1 Å². The van der Waals surface area contributed by atoms with Gasteiger partial charge in [-0.05, 0) is 56.2 Å². The molecule has 9 nitrogen and oxygen atoms in total. The second-order valence-electron chi connectivity index (χ2n) is 8.48. The normalized spacial score (nSPS) is 17.7. The number of thiophene rings is 1. The van der Waals surface area contributed by atoms with Crippen molar-refractivity contribution >= 4 is 29.1 Å². The van der Waals surface area contributed by atoms with Gasteiger partial charge in [-0.2, -0.15) is 9.78 Å². The van der Waals surface area contributed by atoms with Crippen molar-refractivity contribution < 1.29 is 19.1 Å². The molecule has 1 N–H and O–H groups in total. The molecule has 178 valence electrons. The molecular formula is C24H27N5O4S. The number of carbonyl (C=O) groups is 3. The van der Waals surface area contributed by atoms with Crippen molar-refractivity contribution in [1.82, 2.24) is 24.9 Å². The number of benzene rings is 1. The van der Waals surface area contributed by atoms with Crippen LogP contribution < -0.4 is 10.1 Å². The summed E-state index contributed by atoms with van der Waals surface area (Å²) in [5, 5.41) is 9.12. The molecule has 34 heavy (non-hydrogen) atoms. The van der Waals surface area contributed by atoms with E-state index in [9.17, 15) is 14.4 Å². The standard InChI is InChI=1S/C24H27N5O4S/c1-24(22(31)25-11-12-27(2)3)23(32)29-19(14-18(26-29)20-6-5-13-34-20)21(30)28(24)15-16-7-9-17(33-4)10-8-16/h5-10,13-14H,11-12,15H2,1-4H3,(H,25,31). The minimum Gasteiger partial charge on any atom is -0.497 e. The lowest BCUT2D eigenvalue weighted by Crippen LogP contribution is -2.67. The van der Waals surface area contributed by atoms with E-state index in [-0.39, 0.29) is 12.2 Å². The summed E-state index contributed by atoms with van der Waals surface area (Å²) in [5.74, 6) is -0.871. The van der Waals surface area contributed by atoms with Crippen molar-refractivity contribution in [3.8, 4) is 16.3 Å². The summed E-state index contributed by atoms with van der Waals surface area (Å²) in [6.07, 6.45) is 0. The van der Waals surface area contributed by atoms with Crippen LogP contribution in [-0.4, -0.2) is 77.1 Å². The second kappa shape index (κ2) is 9.40. The van der Waals surface area contributed by atoms with Gasteiger partial charge in [-0.25, -0.2) is 0 Å². The number of ether oxygens (including phenoxy) is 1. The first-order chi connectivity index (χ1) is 16.3. The van der Waals surface area contributed by atoms with E-state index >= 15 is 0 Å². The number of methoxy groups -OCH3 is 1. The van der Waals surface area contributed by atoms with E-state index in [0.717, 1.165) is 15.1 Å². The van der Waals surface area contributed by atoms with Gasteiger partial charge < -0.3 is 19.9 Å². The number of hydrogen-bond acceptors (Lipinski definition) is 7. The number of fused-ring (bicyclic) bond motifs is 1. The maximum atomic E-state index is 13.7. The molecule has 1 unspecified atom stereocenters. The van der Waals surface area contributed by atoms with Gasteiger partial charge in [-0.15, -0.1) is 11.3 Å². The quantitative estimate of drug-likeness (QED) is 0.496. The summed E-state index contributed by atoms with van der Waals surface area (Å²) < 4.78 is 6.29. The number of rotatable bonds is 8. The first kappa shape index (κ1) is 23.7. The Morgan fingerprint density at radius 1 is 1.21 bits per heavy atom. The van der Waals surface area contributed by atoms with Gasteiger partial charge in [-0.1, -0.05) is 18.2 Å². The zero-order valence-corrected chi connectivity index (χ0v) is 20.4. The monoisotopic (exact) mass is 481 g/mol. The molecule has 0 bridgehead atoms. The predicted molar refractivity (Wildman–Crippen MR) is 129 cm³/mol. The van der Waals surface area contributed by atoms with Gasteiger partial charge in [0.05, 0.1) is 12.0 Å². The average Bonchev–Trinajstić information content (AvgIpc) is 3.51. The van der Waals surface area contributed by atoms with E-state index < -0.39 is 23.3 Å². The lowest BCUT2D eigenvalue weighted by atomic mass is 9.93. The maximum Gasteiger partial charge on any atom is 0.283 e. The largest absolute Gasteiger partial charge is 0.497 e. The first-order valence-electron chi connectivity index (χ1n) is 10.8. The molecule has 3 heterocycles. The third-order valence-electron chi connectivity index (χ3n) is 5.88. The molecule has 1 aromatic carbocycles. The van der Waals surface area contributed by atoms with Crippen LogP contribution in [0.5, 0.6) is 5.75 Å². The highest BCUT2D eigenvalue weighted by Crippen LogP contribution is 2.32. The molecule has 10 heteroatoms. The van der Waals surface area contributed by atoms with Crippen molar-refractivity contribution in [2.75, 3.05) is 34.3 Å². The molecule has 0 radical (unpaired) electrons. The highest BCUT2D eigenvalue weighted by molar-refractivity contribution is 7.13. The van der Waals surface area contributed by atoms with Crippen LogP contribution in [0.1, 0.15) is 27.8 Å². The molecule has 1 atom stereocenters. The highest BCUT2D eigenvalue weighted by Gasteiger charge is 2.54. The van der Waals surface area contributed by atoms with E-state index in [0.29, 0.717) is 24.5 Å². The fourth-order valence-corrected chi connectivity index (χ4v) is 4.51. The molecule has 4 rings (SSSR count). The Kier molecular flexibility index (Phi) is 6.54. The minimum atomic E-state index is -1.77. The van der Waals surface area contributed by atoms with Gasteiger partial charge in [0.1, 0.15) is 17.1 Å². The highest BCUT2D eigenvalue weighted by atomic mass is 32.1. The van der Waals surface area contributed by atoms with Gasteiger partial charge in [0.2, 0.25) is 5.54 Å². The van der Waals surface area contributed by atoms with Crippen LogP contribution >= 0.6 is 11.3 Å². The maximum absolute atomic E-state index is 13.7. The van der Waals surface area contributed by atoms with Gasteiger partial charge in [0.25, 0.3) is 17.7 Å². The molecule has 1 aliphatic heterocycles. The van der Waals surface area contributed by atoms with Gasteiger partial charge in [0, 0.05) is 19.6 Å². The Morgan fingerprint density at radius 3 is 2.56 bits per heavy atom. The van der Waals surface area contributed by atoms with Crippen LogP contribution in [0.2, 0.25) is 0 Å². The number of carbonyl (C=O) groups excluding carboxylic acids is 3. The Morgan fingerprint density at radius 2 is 1.94 bits per heavy atom. The average molecular weight is 482 g/mol. The van der Waals surface area contributed by atoms with Crippen LogP contribution in [0, 0.1) is 0 Å². The first-order valence-corrected chi connectivity index (χ1v) is 11.7. The molecule has 0 aliphatic carbocycles. The molecule has 0 spiro atoms. The van der Waals surface area contributed by atoms with Crippen LogP contribution in [-0.2, 0) is 11.3 Å². The van der Waals surface area contributed by atoms with Crippen LogP contribution in [0.25, 0.3) is 10.6 Å². The molecule has 1 aliphatic rings. The molecule has 0 saturated carbocycles. The lowest BCUT2D eigenvalue weighted by Gasteiger charge is -2.41. The van der Waals surface area contributed by atoms with Crippen molar-refractivity contribution in [1.29, 1.82) is 0 Å². The Bertz CT molecular complexity index is 1200. The molecule has 3 aromatic rings. The van der Waals surface area contributed by atoms with Crippen molar-refractivity contribution in [2.45, 2.75) is 19.0 Å². The molecule has 0 saturated heterocycles. The summed E-state index contributed by atoms with van der Waals surface area (Å²) >= 11 is 1.46. The predicted octanol–water partition coefficient (Wildman–Crippen LogP) is 2.35. The SMILES string of the molecule is COc1ccc(CN2C(=O)c3cc(-c4cccs4)nn3C(=O)C2(C)C(=O)NCCN(C)C)cc1.